The number of aromatic nitrogens is 2. The van der Waals surface area contributed by atoms with Gasteiger partial charge in [0, 0.05) is 41.3 Å². The van der Waals surface area contributed by atoms with E-state index in [1.807, 2.05) is 12.1 Å². The van der Waals surface area contributed by atoms with Crippen LogP contribution in [0.15, 0.2) is 79.1 Å². The molecule has 0 aliphatic rings. The van der Waals surface area contributed by atoms with E-state index < -0.39 is 0 Å². The maximum Gasteiger partial charge on any atom is 0.251 e. The second-order valence-electron chi connectivity index (χ2n) is 7.37. The number of halogens is 1. The Morgan fingerprint density at radius 1 is 0.912 bits per heavy atom. The number of benzene rings is 3. The summed E-state index contributed by atoms with van der Waals surface area (Å²) < 4.78 is 24.1. The quantitative estimate of drug-likeness (QED) is 0.388. The predicted octanol–water partition coefficient (Wildman–Crippen LogP) is 4.97. The molecule has 0 atom stereocenters. The number of rotatable bonds is 8. The summed E-state index contributed by atoms with van der Waals surface area (Å²) in [6, 6.07) is 18.7. The van der Waals surface area contributed by atoms with Gasteiger partial charge in [-0.15, -0.1) is 0 Å². The van der Waals surface area contributed by atoms with Crippen LogP contribution in [-0.4, -0.2) is 30.1 Å². The summed E-state index contributed by atoms with van der Waals surface area (Å²) in [5, 5.41) is 5.98. The normalized spacial score (nSPS) is 10.4. The fourth-order valence-electron chi connectivity index (χ4n) is 3.37. The second kappa shape index (κ2) is 10.4. The zero-order valence-corrected chi connectivity index (χ0v) is 18.7. The fraction of sp³-hybridized carbons (Fsp3) is 0.115. The molecule has 4 aromatic rings. The van der Waals surface area contributed by atoms with Crippen LogP contribution in [0, 0.1) is 5.82 Å². The van der Waals surface area contributed by atoms with E-state index in [-0.39, 0.29) is 18.3 Å². The molecule has 7 nitrogen and oxygen atoms in total. The lowest BCUT2D eigenvalue weighted by Crippen LogP contribution is -2.23. The number of hydrogen-bond donors (Lipinski definition) is 2. The van der Waals surface area contributed by atoms with Crippen molar-refractivity contribution < 1.29 is 18.7 Å². The standard InChI is InChI=1S/C26H23FN4O3/c1-33-23-9-10-24(34-2)19(13-23)14-28-25(32)18-6-4-8-22(12-18)31-26-29-15-20(16-30-26)17-5-3-7-21(27)11-17/h3-13,15-16H,14H2,1-2H3,(H,28,32)(H,29,30,31). The minimum Gasteiger partial charge on any atom is -0.497 e. The number of nitrogens with zero attached hydrogens (tertiary/aromatic N) is 2. The number of anilines is 2. The Hall–Kier alpha value is -4.46. The molecule has 1 amide bonds. The first-order valence-corrected chi connectivity index (χ1v) is 10.5. The van der Waals surface area contributed by atoms with Gasteiger partial charge in [-0.3, -0.25) is 4.79 Å². The van der Waals surface area contributed by atoms with E-state index in [0.717, 1.165) is 5.56 Å². The van der Waals surface area contributed by atoms with Crippen LogP contribution >= 0.6 is 0 Å². The Balaban J connectivity index is 1.42. The number of nitrogens with one attached hydrogen (secondary N) is 2. The number of ether oxygens (including phenoxy) is 2. The molecule has 0 spiro atoms. The minimum atomic E-state index is -0.320. The van der Waals surface area contributed by atoms with Gasteiger partial charge in [0.25, 0.3) is 5.91 Å². The van der Waals surface area contributed by atoms with Crippen LogP contribution < -0.4 is 20.1 Å². The lowest BCUT2D eigenvalue weighted by Gasteiger charge is -2.12. The van der Waals surface area contributed by atoms with E-state index in [2.05, 4.69) is 20.6 Å². The van der Waals surface area contributed by atoms with Gasteiger partial charge in [0.15, 0.2) is 0 Å². The summed E-state index contributed by atoms with van der Waals surface area (Å²) >= 11 is 0. The number of carbonyl (C=O) groups is 1. The van der Waals surface area contributed by atoms with Crippen molar-refractivity contribution in [3.05, 3.63) is 96.1 Å². The Morgan fingerprint density at radius 2 is 1.71 bits per heavy atom. The third kappa shape index (κ3) is 5.47. The van der Waals surface area contributed by atoms with E-state index in [4.69, 9.17) is 9.47 Å². The lowest BCUT2D eigenvalue weighted by atomic mass is 10.1. The van der Waals surface area contributed by atoms with Crippen molar-refractivity contribution in [2.45, 2.75) is 6.54 Å². The van der Waals surface area contributed by atoms with Crippen LogP contribution in [0.3, 0.4) is 0 Å². The van der Waals surface area contributed by atoms with Crippen molar-refractivity contribution in [3.63, 3.8) is 0 Å². The van der Waals surface area contributed by atoms with Crippen LogP contribution in [0.2, 0.25) is 0 Å². The van der Waals surface area contributed by atoms with Crippen molar-refractivity contribution in [2.75, 3.05) is 19.5 Å². The van der Waals surface area contributed by atoms with Crippen LogP contribution in [0.5, 0.6) is 11.5 Å². The largest absolute Gasteiger partial charge is 0.497 e. The molecule has 4 rings (SSSR count). The molecule has 172 valence electrons. The molecular weight excluding hydrogens is 435 g/mol. The van der Waals surface area contributed by atoms with Crippen LogP contribution in [0.4, 0.5) is 16.0 Å². The van der Waals surface area contributed by atoms with Gasteiger partial charge in [-0.1, -0.05) is 18.2 Å². The van der Waals surface area contributed by atoms with Crippen molar-refractivity contribution in [2.24, 2.45) is 0 Å². The summed E-state index contributed by atoms with van der Waals surface area (Å²) in [6.07, 6.45) is 3.23. The van der Waals surface area contributed by atoms with Crippen molar-refractivity contribution >= 4 is 17.5 Å². The monoisotopic (exact) mass is 458 g/mol. The Labute approximate surface area is 196 Å². The van der Waals surface area contributed by atoms with Crippen LogP contribution in [0.25, 0.3) is 11.1 Å². The van der Waals surface area contributed by atoms with Gasteiger partial charge in [0.2, 0.25) is 5.95 Å². The minimum absolute atomic E-state index is 0.240. The van der Waals surface area contributed by atoms with Crippen molar-refractivity contribution in [1.29, 1.82) is 0 Å². The highest BCUT2D eigenvalue weighted by Gasteiger charge is 2.10. The van der Waals surface area contributed by atoms with Gasteiger partial charge in [-0.25, -0.2) is 14.4 Å². The zero-order valence-electron chi connectivity index (χ0n) is 18.7. The predicted molar refractivity (Wildman–Crippen MR) is 128 cm³/mol. The van der Waals surface area contributed by atoms with Gasteiger partial charge in [0.05, 0.1) is 14.2 Å². The van der Waals surface area contributed by atoms with Crippen molar-refractivity contribution in [3.8, 4) is 22.6 Å². The summed E-state index contributed by atoms with van der Waals surface area (Å²) in [5.74, 6) is 1.14. The molecule has 0 fully saturated rings. The Bertz CT molecular complexity index is 1300. The highest BCUT2D eigenvalue weighted by atomic mass is 19.1. The molecule has 0 radical (unpaired) electrons. The van der Waals surface area contributed by atoms with Crippen LogP contribution in [0.1, 0.15) is 15.9 Å². The molecule has 1 heterocycles. The van der Waals surface area contributed by atoms with Gasteiger partial charge in [-0.05, 0) is 54.1 Å². The summed E-state index contributed by atoms with van der Waals surface area (Å²) in [7, 11) is 3.16. The molecule has 0 unspecified atom stereocenters. The first-order chi connectivity index (χ1) is 16.6. The molecule has 3 aromatic carbocycles. The average molecular weight is 458 g/mol. The number of hydrogen-bond acceptors (Lipinski definition) is 6. The molecule has 2 N–H and O–H groups in total. The molecule has 0 aliphatic carbocycles. The molecule has 0 saturated heterocycles. The highest BCUT2D eigenvalue weighted by molar-refractivity contribution is 5.95. The SMILES string of the molecule is COc1ccc(OC)c(CNC(=O)c2cccc(Nc3ncc(-c4cccc(F)c4)cn3)c2)c1. The van der Waals surface area contributed by atoms with Gasteiger partial charge >= 0.3 is 0 Å². The summed E-state index contributed by atoms with van der Waals surface area (Å²) in [5.41, 5.74) is 3.33. The molecule has 34 heavy (non-hydrogen) atoms. The molecule has 0 aliphatic heterocycles. The maximum atomic E-state index is 13.4. The number of carbonyl (C=O) groups excluding carboxylic acids is 1. The van der Waals surface area contributed by atoms with Gasteiger partial charge in [-0.2, -0.15) is 0 Å². The summed E-state index contributed by atoms with van der Waals surface area (Å²) in [4.78, 5) is 21.3. The maximum absolute atomic E-state index is 13.4. The first-order valence-electron chi connectivity index (χ1n) is 10.5. The van der Waals surface area contributed by atoms with E-state index in [1.165, 1.54) is 12.1 Å². The molecule has 0 bridgehead atoms. The molecular formula is C26H23FN4O3. The first kappa shape index (κ1) is 22.7. The third-order valence-corrected chi connectivity index (χ3v) is 5.12. The highest BCUT2D eigenvalue weighted by Crippen LogP contribution is 2.24. The smallest absolute Gasteiger partial charge is 0.251 e. The van der Waals surface area contributed by atoms with E-state index in [1.54, 1.807) is 69.1 Å². The topological polar surface area (TPSA) is 85.4 Å². The Morgan fingerprint density at radius 3 is 2.44 bits per heavy atom. The van der Waals surface area contributed by atoms with Gasteiger partial charge < -0.3 is 20.1 Å². The summed E-state index contributed by atoms with van der Waals surface area (Å²) in [6.45, 7) is 0.279. The third-order valence-electron chi connectivity index (χ3n) is 5.12. The van der Waals surface area contributed by atoms with Crippen LogP contribution in [-0.2, 0) is 6.54 Å². The number of amides is 1. The van der Waals surface area contributed by atoms with Crippen molar-refractivity contribution in [1.82, 2.24) is 15.3 Å². The van der Waals surface area contributed by atoms with E-state index in [0.29, 0.717) is 39.8 Å². The van der Waals surface area contributed by atoms with E-state index >= 15 is 0 Å². The molecule has 0 saturated carbocycles. The zero-order chi connectivity index (χ0) is 23.9. The lowest BCUT2D eigenvalue weighted by molar-refractivity contribution is 0.0950. The number of methoxy groups -OCH3 is 2. The Kier molecular flexibility index (Phi) is 6.98. The second-order valence-corrected chi connectivity index (χ2v) is 7.37. The molecule has 1 aromatic heterocycles. The van der Waals surface area contributed by atoms with Gasteiger partial charge in [0.1, 0.15) is 17.3 Å². The average Bonchev–Trinajstić information content (AvgIpc) is 2.87. The fourth-order valence-corrected chi connectivity index (χ4v) is 3.37. The molecule has 8 heteroatoms. The van der Waals surface area contributed by atoms with E-state index in [9.17, 15) is 9.18 Å².